The zero-order chi connectivity index (χ0) is 24.7. The summed E-state index contributed by atoms with van der Waals surface area (Å²) in [6.07, 6.45) is -4.15. The van der Waals surface area contributed by atoms with E-state index in [1.807, 2.05) is 4.90 Å². The number of rotatable bonds is 5. The van der Waals surface area contributed by atoms with Gasteiger partial charge in [0.1, 0.15) is 23.5 Å². The molecule has 4 rings (SSSR count). The first-order chi connectivity index (χ1) is 16.0. The summed E-state index contributed by atoms with van der Waals surface area (Å²) < 4.78 is 50.4. The van der Waals surface area contributed by atoms with Crippen LogP contribution in [0.1, 0.15) is 35.9 Å². The maximum Gasteiger partial charge on any atom is 0.397 e. The Morgan fingerprint density at radius 3 is 2.50 bits per heavy atom. The Kier molecular flexibility index (Phi) is 6.13. The van der Waals surface area contributed by atoms with Crippen molar-refractivity contribution in [3.63, 3.8) is 0 Å². The molecule has 1 saturated heterocycles. The van der Waals surface area contributed by atoms with Gasteiger partial charge in [0.05, 0.1) is 5.69 Å². The van der Waals surface area contributed by atoms with Gasteiger partial charge < -0.3 is 19.3 Å². The van der Waals surface area contributed by atoms with Crippen LogP contribution in [-0.4, -0.2) is 71.5 Å². The number of pyridine rings is 1. The number of hydrogen-bond acceptors (Lipinski definition) is 6. The molecular weight excluding hydrogens is 451 g/mol. The number of amides is 1. The molecule has 34 heavy (non-hydrogen) atoms. The summed E-state index contributed by atoms with van der Waals surface area (Å²) in [6, 6.07) is 3.38. The van der Waals surface area contributed by atoms with E-state index in [2.05, 4.69) is 28.1 Å². The van der Waals surface area contributed by atoms with E-state index in [-0.39, 0.29) is 30.2 Å². The van der Waals surface area contributed by atoms with Crippen molar-refractivity contribution < 1.29 is 27.4 Å². The normalized spacial score (nSPS) is 20.8. The number of aromatic nitrogens is 1. The summed E-state index contributed by atoms with van der Waals surface area (Å²) >= 11 is 0. The van der Waals surface area contributed by atoms with Crippen molar-refractivity contribution in [1.82, 2.24) is 14.8 Å². The molecule has 0 unspecified atom stereocenters. The minimum absolute atomic E-state index is 0.0686. The van der Waals surface area contributed by atoms with Gasteiger partial charge in [-0.15, -0.1) is 0 Å². The lowest BCUT2D eigenvalue weighted by atomic mass is 10.1. The lowest BCUT2D eigenvalue weighted by Gasteiger charge is -2.34. The second-order valence-electron chi connectivity index (χ2n) is 8.72. The third-order valence-corrected chi connectivity index (χ3v) is 6.01. The van der Waals surface area contributed by atoms with Crippen LogP contribution in [0.5, 0.6) is 5.75 Å². The molecule has 0 spiro atoms. The van der Waals surface area contributed by atoms with E-state index in [0.29, 0.717) is 55.2 Å². The number of nitrogens with zero attached hydrogens (tertiary/aromatic N) is 5. The second kappa shape index (κ2) is 8.77. The Morgan fingerprint density at radius 1 is 1.26 bits per heavy atom. The molecule has 2 aliphatic heterocycles. The number of carbonyl (C=O) groups excluding carboxylic acids is 1. The van der Waals surface area contributed by atoms with Crippen molar-refractivity contribution >= 4 is 17.8 Å². The first-order valence-electron chi connectivity index (χ1n) is 10.9. The summed E-state index contributed by atoms with van der Waals surface area (Å²) in [5.41, 5.74) is -0.579. The van der Waals surface area contributed by atoms with Gasteiger partial charge in [-0.1, -0.05) is 13.2 Å². The molecule has 8 nitrogen and oxygen atoms in total. The number of carbonyl (C=O) groups is 1. The molecule has 1 saturated carbocycles. The molecule has 0 bridgehead atoms. The lowest BCUT2D eigenvalue weighted by Crippen LogP contribution is -2.50. The van der Waals surface area contributed by atoms with Crippen LogP contribution in [0.4, 0.5) is 13.2 Å². The molecule has 11 heteroatoms. The highest BCUT2D eigenvalue weighted by Gasteiger charge is 2.63. The minimum atomic E-state index is -4.28. The van der Waals surface area contributed by atoms with Crippen LogP contribution in [0.2, 0.25) is 0 Å². The minimum Gasteiger partial charge on any atom is -0.491 e. The van der Waals surface area contributed by atoms with E-state index in [1.165, 1.54) is 12.1 Å². The molecule has 1 aromatic heterocycles. The number of halogens is 3. The molecule has 1 aromatic rings. The molecule has 1 aliphatic carbocycles. The van der Waals surface area contributed by atoms with Gasteiger partial charge in [-0.05, 0) is 38.8 Å². The quantitative estimate of drug-likeness (QED) is 0.646. The molecule has 2 fully saturated rings. The predicted octanol–water partition coefficient (Wildman–Crippen LogP) is 3.70. The Labute approximate surface area is 195 Å². The molecule has 0 N–H and O–H groups in total. The van der Waals surface area contributed by atoms with Gasteiger partial charge in [-0.3, -0.25) is 4.79 Å². The zero-order valence-corrected chi connectivity index (χ0v) is 19.1. The maximum atomic E-state index is 13.1. The van der Waals surface area contributed by atoms with Gasteiger partial charge in [0.25, 0.3) is 11.9 Å². The van der Waals surface area contributed by atoms with Crippen LogP contribution < -0.4 is 4.74 Å². The van der Waals surface area contributed by atoms with Crippen LogP contribution in [0, 0.1) is 12.3 Å². The highest BCUT2D eigenvalue weighted by Crippen LogP contribution is 2.57. The second-order valence-corrected chi connectivity index (χ2v) is 8.72. The van der Waals surface area contributed by atoms with Crippen LogP contribution in [0.25, 0.3) is 0 Å². The van der Waals surface area contributed by atoms with Crippen LogP contribution >= 0.6 is 0 Å². The van der Waals surface area contributed by atoms with E-state index >= 15 is 0 Å². The SMILES string of the molecule is C=C(C)N=C1N=C(N2CCN(C(=O)c3ccc(OCC4(C(F)(F)F)CC4)c(C)n3)CC2)OC1=C. The van der Waals surface area contributed by atoms with Crippen molar-refractivity contribution in [2.24, 2.45) is 15.4 Å². The fourth-order valence-electron chi connectivity index (χ4n) is 3.69. The average molecular weight is 477 g/mol. The van der Waals surface area contributed by atoms with E-state index < -0.39 is 18.2 Å². The summed E-state index contributed by atoms with van der Waals surface area (Å²) in [5.74, 6) is 0.722. The van der Waals surface area contributed by atoms with E-state index in [1.54, 1.807) is 18.7 Å². The smallest absolute Gasteiger partial charge is 0.397 e. The molecule has 1 amide bonds. The van der Waals surface area contributed by atoms with Gasteiger partial charge in [0, 0.05) is 31.9 Å². The number of hydrogen-bond donors (Lipinski definition) is 0. The van der Waals surface area contributed by atoms with Gasteiger partial charge in [-0.2, -0.15) is 18.2 Å². The number of amidine groups is 2. The van der Waals surface area contributed by atoms with Crippen LogP contribution in [-0.2, 0) is 4.74 Å². The van der Waals surface area contributed by atoms with Gasteiger partial charge >= 0.3 is 6.18 Å². The summed E-state index contributed by atoms with van der Waals surface area (Å²) in [4.78, 5) is 29.3. The largest absolute Gasteiger partial charge is 0.491 e. The lowest BCUT2D eigenvalue weighted by molar-refractivity contribution is -0.194. The number of piperazine rings is 1. The highest BCUT2D eigenvalue weighted by atomic mass is 19.4. The number of alkyl halides is 3. The van der Waals surface area contributed by atoms with Crippen molar-refractivity contribution in [3.05, 3.63) is 48.1 Å². The highest BCUT2D eigenvalue weighted by molar-refractivity contribution is 6.09. The van der Waals surface area contributed by atoms with E-state index in [0.717, 1.165) is 0 Å². The predicted molar refractivity (Wildman–Crippen MR) is 120 cm³/mol. The van der Waals surface area contributed by atoms with Crippen LogP contribution in [0.3, 0.4) is 0 Å². The van der Waals surface area contributed by atoms with Crippen molar-refractivity contribution in [2.45, 2.75) is 32.9 Å². The number of aryl methyl sites for hydroxylation is 1. The first-order valence-corrected chi connectivity index (χ1v) is 10.9. The number of aliphatic imine (C=N–C) groups is 2. The third kappa shape index (κ3) is 4.78. The Hall–Kier alpha value is -3.37. The van der Waals surface area contributed by atoms with Gasteiger partial charge in [-0.25, -0.2) is 9.98 Å². The van der Waals surface area contributed by atoms with Crippen molar-refractivity contribution in [2.75, 3.05) is 32.8 Å². The molecule has 3 aliphatic rings. The Morgan fingerprint density at radius 2 is 1.94 bits per heavy atom. The molecule has 3 heterocycles. The Bertz CT molecular complexity index is 1080. The zero-order valence-electron chi connectivity index (χ0n) is 19.1. The van der Waals surface area contributed by atoms with E-state index in [4.69, 9.17) is 9.47 Å². The molecule has 0 aromatic carbocycles. The summed E-state index contributed by atoms with van der Waals surface area (Å²) in [5, 5.41) is 0. The molecule has 0 radical (unpaired) electrons. The first kappa shape index (κ1) is 23.8. The Balaban J connectivity index is 1.34. The van der Waals surface area contributed by atoms with Gasteiger partial charge in [0.2, 0.25) is 0 Å². The molecule has 0 atom stereocenters. The van der Waals surface area contributed by atoms with Crippen molar-refractivity contribution in [1.29, 1.82) is 0 Å². The maximum absolute atomic E-state index is 13.1. The topological polar surface area (TPSA) is 79.6 Å². The summed E-state index contributed by atoms with van der Waals surface area (Å²) in [7, 11) is 0. The number of allylic oxidation sites excluding steroid dienone is 1. The fourth-order valence-corrected chi connectivity index (χ4v) is 3.69. The van der Waals surface area contributed by atoms with Crippen molar-refractivity contribution in [3.8, 4) is 5.75 Å². The number of ether oxygens (including phenoxy) is 2. The summed E-state index contributed by atoms with van der Waals surface area (Å²) in [6.45, 7) is 12.3. The van der Waals surface area contributed by atoms with E-state index in [9.17, 15) is 18.0 Å². The van der Waals surface area contributed by atoms with Crippen LogP contribution in [0.15, 0.2) is 46.7 Å². The monoisotopic (exact) mass is 477 g/mol. The fraction of sp³-hybridized carbons (Fsp3) is 0.478. The standard InChI is InChI=1S/C23H26F3N5O3/c1-14(2)27-19-16(4)34-21(29-19)31-11-9-30(10-12-31)20(32)17-5-6-18(15(3)28-17)33-13-22(7-8-22)23(24,25)26/h5-6H,1,4,7-13H2,2-3H3. The van der Waals surface area contributed by atoms with Gasteiger partial charge in [0.15, 0.2) is 11.6 Å². The third-order valence-electron chi connectivity index (χ3n) is 6.01. The molecular formula is C23H26F3N5O3. The molecule has 182 valence electrons. The average Bonchev–Trinajstić information content (AvgIpc) is 3.50.